The minimum absolute atomic E-state index is 0.352. The highest BCUT2D eigenvalue weighted by Gasteiger charge is 2.11. The molecule has 0 aliphatic heterocycles. The van der Waals surface area contributed by atoms with E-state index in [1.165, 1.54) is 16.7 Å². The summed E-state index contributed by atoms with van der Waals surface area (Å²) in [5.74, 6) is 1.87. The second kappa shape index (κ2) is 14.2. The van der Waals surface area contributed by atoms with Crippen molar-refractivity contribution in [1.82, 2.24) is 10.9 Å². The van der Waals surface area contributed by atoms with Gasteiger partial charge in [-0.15, -0.1) is 0 Å². The Balaban J connectivity index is 1.68. The molecule has 4 rings (SSSR count). The summed E-state index contributed by atoms with van der Waals surface area (Å²) < 4.78 is 0. The Morgan fingerprint density at radius 3 is 2.00 bits per heavy atom. The molecule has 0 amide bonds. The molecule has 0 unspecified atom stereocenters. The molecule has 0 aliphatic carbocycles. The fraction of sp³-hybridized carbons (Fsp3) is 0.257. The van der Waals surface area contributed by atoms with Crippen molar-refractivity contribution in [3.63, 3.8) is 0 Å². The van der Waals surface area contributed by atoms with Gasteiger partial charge in [-0.3, -0.25) is 10.9 Å². The Bertz CT molecular complexity index is 1500. The van der Waals surface area contributed by atoms with Crippen molar-refractivity contribution in [2.75, 3.05) is 10.6 Å². The lowest BCUT2D eigenvalue weighted by Crippen LogP contribution is -2.47. The van der Waals surface area contributed by atoms with Crippen molar-refractivity contribution in [2.24, 2.45) is 9.98 Å². The maximum atomic E-state index is 4.95. The summed E-state index contributed by atoms with van der Waals surface area (Å²) in [7, 11) is 0. The summed E-state index contributed by atoms with van der Waals surface area (Å²) in [6, 6.07) is 33.1. The predicted octanol–water partition coefficient (Wildman–Crippen LogP) is 8.80. The summed E-state index contributed by atoms with van der Waals surface area (Å²) in [5, 5.41) is 6.99. The number of nitrogens with one attached hydrogen (secondary N) is 4. The third-order valence-electron chi connectivity index (χ3n) is 6.75. The van der Waals surface area contributed by atoms with Gasteiger partial charge in [0.2, 0.25) is 11.9 Å². The number of hydrogen-bond donors (Lipinski definition) is 4. The quantitative estimate of drug-likeness (QED) is 0.106. The molecule has 0 aliphatic rings. The van der Waals surface area contributed by atoms with E-state index in [9.17, 15) is 0 Å². The van der Waals surface area contributed by atoms with E-state index in [1.54, 1.807) is 0 Å². The monoisotopic (exact) mass is 546 g/mol. The van der Waals surface area contributed by atoms with Crippen LogP contribution >= 0.6 is 0 Å². The van der Waals surface area contributed by atoms with E-state index >= 15 is 0 Å². The Morgan fingerprint density at radius 2 is 1.32 bits per heavy atom. The molecule has 4 aromatic carbocycles. The first-order valence-corrected chi connectivity index (χ1v) is 14.4. The molecule has 212 valence electrons. The van der Waals surface area contributed by atoms with Crippen molar-refractivity contribution in [3.05, 3.63) is 119 Å². The highest BCUT2D eigenvalue weighted by Crippen LogP contribution is 2.24. The number of nitrogens with zero attached hydrogens (tertiary/aromatic N) is 2. The fourth-order valence-electron chi connectivity index (χ4n) is 4.45. The number of anilines is 2. The van der Waals surface area contributed by atoms with Gasteiger partial charge in [0.25, 0.3) is 0 Å². The van der Waals surface area contributed by atoms with E-state index in [4.69, 9.17) is 9.98 Å². The maximum absolute atomic E-state index is 4.95. The molecule has 0 saturated heterocycles. The van der Waals surface area contributed by atoms with E-state index < -0.39 is 0 Å². The molecule has 0 saturated carbocycles. The Morgan fingerprint density at radius 1 is 0.659 bits per heavy atom. The maximum Gasteiger partial charge on any atom is 0.220 e. The second-order valence-electron chi connectivity index (χ2n) is 10.8. The van der Waals surface area contributed by atoms with Gasteiger partial charge in [0.15, 0.2) is 0 Å². The van der Waals surface area contributed by atoms with Gasteiger partial charge in [-0.1, -0.05) is 89.2 Å². The lowest BCUT2D eigenvalue weighted by atomic mass is 10.0. The first kappa shape index (κ1) is 29.4. The van der Waals surface area contributed by atoms with Crippen LogP contribution in [-0.4, -0.2) is 11.9 Å². The van der Waals surface area contributed by atoms with Crippen LogP contribution in [0.5, 0.6) is 0 Å². The van der Waals surface area contributed by atoms with Crippen LogP contribution in [0.25, 0.3) is 0 Å². The average molecular weight is 547 g/mol. The number of hydrogen-bond acceptors (Lipinski definition) is 2. The highest BCUT2D eigenvalue weighted by molar-refractivity contribution is 6.00. The molecule has 0 spiro atoms. The first-order valence-electron chi connectivity index (χ1n) is 14.4. The Kier molecular flexibility index (Phi) is 10.2. The molecular formula is C35H42N6. The van der Waals surface area contributed by atoms with Gasteiger partial charge >= 0.3 is 0 Å². The van der Waals surface area contributed by atoms with E-state index in [0.29, 0.717) is 23.8 Å². The molecule has 6 nitrogen and oxygen atoms in total. The molecular weight excluding hydrogens is 504 g/mol. The second-order valence-corrected chi connectivity index (χ2v) is 10.8. The van der Waals surface area contributed by atoms with E-state index in [-0.39, 0.29) is 0 Å². The molecule has 0 atom stereocenters. The van der Waals surface area contributed by atoms with Gasteiger partial charge in [-0.25, -0.2) is 9.98 Å². The third kappa shape index (κ3) is 8.70. The van der Waals surface area contributed by atoms with Crippen LogP contribution in [0.1, 0.15) is 68.7 Å². The molecule has 0 fully saturated rings. The van der Waals surface area contributed by atoms with E-state index in [2.05, 4.69) is 124 Å². The van der Waals surface area contributed by atoms with Crippen LogP contribution in [0.3, 0.4) is 0 Å². The number of guanidine groups is 2. The van der Waals surface area contributed by atoms with Crippen LogP contribution in [0.2, 0.25) is 0 Å². The number of para-hydroxylation sites is 1. The van der Waals surface area contributed by atoms with Gasteiger partial charge in [0, 0.05) is 11.4 Å². The summed E-state index contributed by atoms with van der Waals surface area (Å²) in [6.07, 6.45) is 0.945. The molecule has 4 N–H and O–H groups in total. The largest absolute Gasteiger partial charge is 0.325 e. The Hall–Kier alpha value is -4.58. The number of aryl methyl sites for hydroxylation is 2. The summed E-state index contributed by atoms with van der Waals surface area (Å²) in [4.78, 5) is 9.85. The molecule has 0 bridgehead atoms. The van der Waals surface area contributed by atoms with Gasteiger partial charge in [-0.2, -0.15) is 0 Å². The normalized spacial score (nSPS) is 12.0. The lowest BCUT2D eigenvalue weighted by Gasteiger charge is -2.19. The zero-order valence-electron chi connectivity index (χ0n) is 25.0. The van der Waals surface area contributed by atoms with Crippen LogP contribution in [-0.2, 0) is 6.42 Å². The average Bonchev–Trinajstić information content (AvgIpc) is 2.96. The first-order chi connectivity index (χ1) is 19.8. The smallest absolute Gasteiger partial charge is 0.220 e. The van der Waals surface area contributed by atoms with Crippen molar-refractivity contribution >= 4 is 34.7 Å². The van der Waals surface area contributed by atoms with Gasteiger partial charge in [0.1, 0.15) is 0 Å². The van der Waals surface area contributed by atoms with Crippen molar-refractivity contribution in [3.8, 4) is 0 Å². The van der Waals surface area contributed by atoms with Gasteiger partial charge in [-0.05, 0) is 89.9 Å². The lowest BCUT2D eigenvalue weighted by molar-refractivity contribution is 0.850. The molecule has 6 heteroatoms. The molecule has 0 aromatic heterocycles. The molecule has 41 heavy (non-hydrogen) atoms. The van der Waals surface area contributed by atoms with E-state index in [1.807, 2.05) is 36.4 Å². The van der Waals surface area contributed by atoms with Crippen LogP contribution in [0, 0.1) is 6.92 Å². The zero-order valence-corrected chi connectivity index (χ0v) is 25.0. The number of rotatable bonds is 7. The van der Waals surface area contributed by atoms with Gasteiger partial charge in [0.05, 0.1) is 11.4 Å². The SMILES string of the molecule is CCc1cccc(N=C(NNC(=Nc2cccc(C)c2)Nc2cccc(C(C)C)c2)Nc2ccccc2C(C)C)c1. The summed E-state index contributed by atoms with van der Waals surface area (Å²) in [6.45, 7) is 13.0. The molecule has 0 radical (unpaired) electrons. The van der Waals surface area contributed by atoms with Crippen LogP contribution in [0.4, 0.5) is 22.7 Å². The Labute approximate surface area is 245 Å². The standard InChI is InChI=1S/C35H42N6/c1-7-27-14-11-17-30(22-27)37-35(39-33-20-9-8-19-32(33)25(4)5)41-40-34(36-29-16-10-13-26(6)21-29)38-31-18-12-15-28(23-31)24(2)3/h8-25H,7H2,1-6H3,(H2,36,38,40)(H2,37,39,41). The van der Waals surface area contributed by atoms with E-state index in [0.717, 1.165) is 34.7 Å². The molecule has 0 heterocycles. The highest BCUT2D eigenvalue weighted by atomic mass is 15.5. The predicted molar refractivity (Wildman–Crippen MR) is 176 cm³/mol. The van der Waals surface area contributed by atoms with Gasteiger partial charge < -0.3 is 10.6 Å². The number of benzene rings is 4. The zero-order chi connectivity index (χ0) is 29.2. The van der Waals surface area contributed by atoms with Crippen LogP contribution < -0.4 is 21.5 Å². The number of aliphatic imine (C=N–C) groups is 2. The van der Waals surface area contributed by atoms with Crippen molar-refractivity contribution in [2.45, 2.75) is 59.8 Å². The minimum atomic E-state index is 0.352. The summed E-state index contributed by atoms with van der Waals surface area (Å²) >= 11 is 0. The molecule has 4 aromatic rings. The van der Waals surface area contributed by atoms with Crippen molar-refractivity contribution in [1.29, 1.82) is 0 Å². The fourth-order valence-corrected chi connectivity index (χ4v) is 4.45. The minimum Gasteiger partial charge on any atom is -0.325 e. The topological polar surface area (TPSA) is 72.8 Å². The number of hydrazine groups is 1. The third-order valence-corrected chi connectivity index (χ3v) is 6.75. The summed E-state index contributed by atoms with van der Waals surface area (Å²) in [5.41, 5.74) is 15.1. The van der Waals surface area contributed by atoms with Crippen molar-refractivity contribution < 1.29 is 0 Å². The van der Waals surface area contributed by atoms with Crippen LogP contribution in [0.15, 0.2) is 107 Å².